The summed E-state index contributed by atoms with van der Waals surface area (Å²) in [5, 5.41) is 0. The monoisotopic (exact) mass is 211 g/mol. The van der Waals surface area contributed by atoms with Gasteiger partial charge in [0, 0.05) is 18.5 Å². The lowest BCUT2D eigenvalue weighted by Gasteiger charge is -2.30. The lowest BCUT2D eigenvalue weighted by atomic mass is 9.88. The van der Waals surface area contributed by atoms with E-state index < -0.39 is 0 Å². The molecular formula is C13H25NO. The lowest BCUT2D eigenvalue weighted by molar-refractivity contribution is -0.125. The molecule has 1 saturated carbocycles. The fourth-order valence-corrected chi connectivity index (χ4v) is 1.89. The summed E-state index contributed by atoms with van der Waals surface area (Å²) in [7, 11) is 0. The van der Waals surface area contributed by atoms with Crippen LogP contribution in [-0.2, 0) is 4.79 Å². The number of ketones is 1. The normalized spacial score (nSPS) is 17.1. The van der Waals surface area contributed by atoms with Gasteiger partial charge in [-0.25, -0.2) is 0 Å². The van der Waals surface area contributed by atoms with Gasteiger partial charge in [0.1, 0.15) is 5.78 Å². The molecule has 1 aliphatic rings. The van der Waals surface area contributed by atoms with Crippen LogP contribution >= 0.6 is 0 Å². The quantitative estimate of drug-likeness (QED) is 0.645. The van der Waals surface area contributed by atoms with Gasteiger partial charge in [0.2, 0.25) is 0 Å². The van der Waals surface area contributed by atoms with Crippen molar-refractivity contribution in [3.8, 4) is 0 Å². The van der Waals surface area contributed by atoms with Gasteiger partial charge in [-0.3, -0.25) is 4.79 Å². The topological polar surface area (TPSA) is 20.3 Å². The van der Waals surface area contributed by atoms with E-state index >= 15 is 0 Å². The molecule has 1 rings (SSSR count). The minimum absolute atomic E-state index is 0.177. The molecule has 0 aromatic carbocycles. The predicted octanol–water partition coefficient (Wildman–Crippen LogP) is 2.72. The van der Waals surface area contributed by atoms with Gasteiger partial charge in [-0.1, -0.05) is 20.8 Å². The summed E-state index contributed by atoms with van der Waals surface area (Å²) >= 11 is 0. The van der Waals surface area contributed by atoms with Crippen LogP contribution in [-0.4, -0.2) is 30.3 Å². The number of Topliss-reactive ketones (excluding diaryl/α,β-unsaturated/α-hetero) is 1. The van der Waals surface area contributed by atoms with Crippen LogP contribution in [0.3, 0.4) is 0 Å². The van der Waals surface area contributed by atoms with E-state index in [1.807, 2.05) is 0 Å². The Morgan fingerprint density at radius 3 is 2.40 bits per heavy atom. The van der Waals surface area contributed by atoms with Gasteiger partial charge in [-0.15, -0.1) is 0 Å². The molecule has 0 spiro atoms. The SMILES string of the molecule is CCCN(CC1CC1)CC(C)(C)C(C)=O. The molecule has 0 bridgehead atoms. The van der Waals surface area contributed by atoms with Gasteiger partial charge < -0.3 is 4.90 Å². The predicted molar refractivity (Wildman–Crippen MR) is 63.9 cm³/mol. The van der Waals surface area contributed by atoms with E-state index in [4.69, 9.17) is 0 Å². The van der Waals surface area contributed by atoms with Gasteiger partial charge >= 0.3 is 0 Å². The molecule has 15 heavy (non-hydrogen) atoms. The van der Waals surface area contributed by atoms with Crippen LogP contribution in [0.5, 0.6) is 0 Å². The van der Waals surface area contributed by atoms with Crippen LogP contribution in [0.4, 0.5) is 0 Å². The van der Waals surface area contributed by atoms with Crippen molar-refractivity contribution in [3.05, 3.63) is 0 Å². The third-order valence-corrected chi connectivity index (χ3v) is 3.33. The number of rotatable bonds is 7. The Bertz CT molecular complexity index is 219. The molecule has 0 atom stereocenters. The van der Waals surface area contributed by atoms with Crippen molar-refractivity contribution in [1.29, 1.82) is 0 Å². The van der Waals surface area contributed by atoms with Crippen molar-refractivity contribution in [1.82, 2.24) is 4.90 Å². The molecule has 0 radical (unpaired) electrons. The van der Waals surface area contributed by atoms with E-state index in [2.05, 4.69) is 25.7 Å². The molecule has 1 fully saturated rings. The summed E-state index contributed by atoms with van der Waals surface area (Å²) < 4.78 is 0. The maximum atomic E-state index is 11.5. The van der Waals surface area contributed by atoms with Crippen LogP contribution in [0.1, 0.15) is 47.0 Å². The third kappa shape index (κ3) is 4.33. The zero-order valence-corrected chi connectivity index (χ0v) is 10.7. The number of carbonyl (C=O) groups is 1. The maximum absolute atomic E-state index is 11.5. The first-order valence-corrected chi connectivity index (χ1v) is 6.19. The summed E-state index contributed by atoms with van der Waals surface area (Å²) in [5.41, 5.74) is -0.177. The van der Waals surface area contributed by atoms with Crippen LogP contribution in [0.15, 0.2) is 0 Å². The molecule has 0 unspecified atom stereocenters. The largest absolute Gasteiger partial charge is 0.302 e. The molecule has 2 nitrogen and oxygen atoms in total. The van der Waals surface area contributed by atoms with Crippen molar-refractivity contribution in [2.24, 2.45) is 11.3 Å². The van der Waals surface area contributed by atoms with E-state index in [1.54, 1.807) is 6.92 Å². The molecule has 0 aromatic heterocycles. The van der Waals surface area contributed by atoms with E-state index in [-0.39, 0.29) is 5.41 Å². The van der Waals surface area contributed by atoms with Gasteiger partial charge in [0.05, 0.1) is 0 Å². The minimum atomic E-state index is -0.177. The molecule has 0 saturated heterocycles. The Balaban J connectivity index is 2.44. The van der Waals surface area contributed by atoms with Crippen molar-refractivity contribution >= 4 is 5.78 Å². The van der Waals surface area contributed by atoms with E-state index in [9.17, 15) is 4.79 Å². The zero-order chi connectivity index (χ0) is 11.5. The molecule has 1 aliphatic carbocycles. The highest BCUT2D eigenvalue weighted by Gasteiger charge is 2.30. The Morgan fingerprint density at radius 2 is 2.00 bits per heavy atom. The summed E-state index contributed by atoms with van der Waals surface area (Å²) in [5.74, 6) is 1.22. The van der Waals surface area contributed by atoms with Crippen LogP contribution in [0.2, 0.25) is 0 Å². The standard InChI is InChI=1S/C13H25NO/c1-5-8-14(9-12-6-7-12)10-13(3,4)11(2)15/h12H,5-10H2,1-4H3. The summed E-state index contributed by atoms with van der Waals surface area (Å²) in [6, 6.07) is 0. The van der Waals surface area contributed by atoms with Gasteiger partial charge in [0.25, 0.3) is 0 Å². The summed E-state index contributed by atoms with van der Waals surface area (Å²) in [4.78, 5) is 14.0. The average Bonchev–Trinajstić information content (AvgIpc) is 2.87. The Kier molecular flexibility index (Phi) is 4.32. The third-order valence-electron chi connectivity index (χ3n) is 3.33. The fourth-order valence-electron chi connectivity index (χ4n) is 1.89. The number of hydrogen-bond donors (Lipinski definition) is 0. The first kappa shape index (κ1) is 12.7. The van der Waals surface area contributed by atoms with Crippen molar-refractivity contribution in [3.63, 3.8) is 0 Å². The van der Waals surface area contributed by atoms with E-state index in [1.165, 1.54) is 25.8 Å². The molecule has 0 aromatic rings. The summed E-state index contributed by atoms with van der Waals surface area (Å²) in [6.45, 7) is 11.3. The average molecular weight is 211 g/mol. The van der Waals surface area contributed by atoms with Crippen LogP contribution < -0.4 is 0 Å². The molecule has 0 heterocycles. The second-order valence-corrected chi connectivity index (χ2v) is 5.62. The number of hydrogen-bond acceptors (Lipinski definition) is 2. The summed E-state index contributed by atoms with van der Waals surface area (Å²) in [6.07, 6.45) is 3.96. The maximum Gasteiger partial charge on any atom is 0.136 e. The van der Waals surface area contributed by atoms with E-state index in [0.717, 1.165) is 19.0 Å². The second kappa shape index (κ2) is 5.11. The van der Waals surface area contributed by atoms with Crippen molar-refractivity contribution in [2.75, 3.05) is 19.6 Å². The van der Waals surface area contributed by atoms with Crippen LogP contribution in [0.25, 0.3) is 0 Å². The highest BCUT2D eigenvalue weighted by Crippen LogP contribution is 2.31. The zero-order valence-electron chi connectivity index (χ0n) is 10.7. The molecule has 2 heteroatoms. The fraction of sp³-hybridized carbons (Fsp3) is 0.923. The van der Waals surface area contributed by atoms with Crippen molar-refractivity contribution < 1.29 is 4.79 Å². The molecular weight excluding hydrogens is 186 g/mol. The smallest absolute Gasteiger partial charge is 0.136 e. The minimum Gasteiger partial charge on any atom is -0.302 e. The number of nitrogens with zero attached hydrogens (tertiary/aromatic N) is 1. The first-order chi connectivity index (χ1) is 6.95. The van der Waals surface area contributed by atoms with Gasteiger partial charge in [0.15, 0.2) is 0 Å². The van der Waals surface area contributed by atoms with Gasteiger partial charge in [-0.05, 0) is 38.6 Å². The molecule has 0 amide bonds. The first-order valence-electron chi connectivity index (χ1n) is 6.19. The van der Waals surface area contributed by atoms with E-state index in [0.29, 0.717) is 5.78 Å². The van der Waals surface area contributed by atoms with Crippen molar-refractivity contribution in [2.45, 2.75) is 47.0 Å². The van der Waals surface area contributed by atoms with Gasteiger partial charge in [-0.2, -0.15) is 0 Å². The van der Waals surface area contributed by atoms with Crippen LogP contribution in [0, 0.1) is 11.3 Å². The molecule has 0 aliphatic heterocycles. The highest BCUT2D eigenvalue weighted by atomic mass is 16.1. The Labute approximate surface area is 94.0 Å². The Hall–Kier alpha value is -0.370. The Morgan fingerprint density at radius 1 is 1.40 bits per heavy atom. The number of carbonyl (C=O) groups excluding carboxylic acids is 1. The molecule has 88 valence electrons. The molecule has 0 N–H and O–H groups in total. The lowest BCUT2D eigenvalue weighted by Crippen LogP contribution is -2.39. The second-order valence-electron chi connectivity index (χ2n) is 5.62. The highest BCUT2D eigenvalue weighted by molar-refractivity contribution is 5.81.